The first kappa shape index (κ1) is 16.0. The van der Waals surface area contributed by atoms with Gasteiger partial charge < -0.3 is 4.74 Å². The van der Waals surface area contributed by atoms with Gasteiger partial charge in [-0.3, -0.25) is 4.90 Å². The first-order chi connectivity index (χ1) is 14.8. The first-order valence-corrected chi connectivity index (χ1v) is 10.4. The van der Waals surface area contributed by atoms with Crippen molar-refractivity contribution in [3.8, 4) is 5.75 Å². The third-order valence-corrected chi connectivity index (χ3v) is 6.26. The molecule has 0 unspecified atom stereocenters. The molecule has 0 saturated heterocycles. The largest absolute Gasteiger partial charge is 0.494 e. The van der Waals surface area contributed by atoms with Gasteiger partial charge in [-0.15, -0.1) is 0 Å². The van der Waals surface area contributed by atoms with E-state index >= 15 is 0 Å². The number of aromatic nitrogens is 1. The summed E-state index contributed by atoms with van der Waals surface area (Å²) < 4.78 is 5.84. The Morgan fingerprint density at radius 1 is 0.767 bits per heavy atom. The van der Waals surface area contributed by atoms with Gasteiger partial charge in [-0.25, -0.2) is 4.98 Å². The van der Waals surface area contributed by atoms with E-state index in [1.54, 1.807) is 0 Å². The lowest BCUT2D eigenvalue weighted by Gasteiger charge is -2.35. The van der Waals surface area contributed by atoms with E-state index in [1.165, 1.54) is 49.1 Å². The molecule has 0 N–H and O–H groups in total. The highest BCUT2D eigenvalue weighted by atomic mass is 16.5. The van der Waals surface area contributed by atoms with Gasteiger partial charge in [0.2, 0.25) is 0 Å². The highest BCUT2D eigenvalue weighted by molar-refractivity contribution is 6.27. The van der Waals surface area contributed by atoms with Crippen LogP contribution in [0.15, 0.2) is 78.9 Å². The molecule has 3 heterocycles. The quantitative estimate of drug-likeness (QED) is 0.311. The minimum Gasteiger partial charge on any atom is -0.494 e. The van der Waals surface area contributed by atoms with E-state index < -0.39 is 0 Å². The minimum absolute atomic E-state index is 0.659. The van der Waals surface area contributed by atoms with Crippen LogP contribution in [0.2, 0.25) is 0 Å². The Morgan fingerprint density at radius 2 is 1.63 bits per heavy atom. The van der Waals surface area contributed by atoms with Crippen molar-refractivity contribution in [1.29, 1.82) is 0 Å². The Kier molecular flexibility index (Phi) is 2.99. The molecule has 3 aliphatic rings. The minimum atomic E-state index is 0.659. The van der Waals surface area contributed by atoms with Crippen LogP contribution < -0.4 is 9.64 Å². The van der Waals surface area contributed by atoms with E-state index in [0.29, 0.717) is 6.61 Å². The molecule has 0 saturated carbocycles. The molecule has 0 spiro atoms. The number of nitrogens with zero attached hydrogens (tertiary/aromatic N) is 2. The zero-order valence-electron chi connectivity index (χ0n) is 16.5. The molecule has 0 aliphatic carbocycles. The van der Waals surface area contributed by atoms with Gasteiger partial charge in [0.25, 0.3) is 0 Å². The monoisotopic (exact) mass is 386 g/mol. The van der Waals surface area contributed by atoms with E-state index in [-0.39, 0.29) is 0 Å². The highest BCUT2D eigenvalue weighted by Gasteiger charge is 2.30. The Labute approximate surface area is 173 Å². The summed E-state index contributed by atoms with van der Waals surface area (Å²) in [5.74, 6) is 1.92. The fourth-order valence-electron chi connectivity index (χ4n) is 5.03. The van der Waals surface area contributed by atoms with Gasteiger partial charge >= 0.3 is 0 Å². The molecule has 0 bridgehead atoms. The zero-order chi connectivity index (χ0) is 19.8. The molecule has 0 aromatic heterocycles. The number of hydrogen-bond acceptors (Lipinski definition) is 3. The van der Waals surface area contributed by atoms with Gasteiger partial charge in [0.05, 0.1) is 23.5 Å². The summed E-state index contributed by atoms with van der Waals surface area (Å²) in [4.78, 5) is 7.51. The maximum atomic E-state index is 5.84. The van der Waals surface area contributed by atoms with Crippen molar-refractivity contribution in [3.63, 3.8) is 0 Å². The Bertz CT molecular complexity index is 1620. The fraction of sp³-hybridized carbons (Fsp3) is 0.0741. The van der Waals surface area contributed by atoms with E-state index in [1.807, 2.05) is 6.92 Å². The van der Waals surface area contributed by atoms with Crippen LogP contribution >= 0.6 is 0 Å². The summed E-state index contributed by atoms with van der Waals surface area (Å²) in [5.41, 5.74) is 3.45. The molecular formula is C27H18N2O. The van der Waals surface area contributed by atoms with Crippen LogP contribution in [-0.4, -0.2) is 11.6 Å². The lowest BCUT2D eigenvalue weighted by molar-refractivity contribution is 0.341. The van der Waals surface area contributed by atoms with Crippen molar-refractivity contribution >= 4 is 60.4 Å². The van der Waals surface area contributed by atoms with Crippen molar-refractivity contribution in [2.24, 2.45) is 0 Å². The third-order valence-electron chi connectivity index (χ3n) is 6.26. The zero-order valence-corrected chi connectivity index (χ0v) is 16.5. The molecule has 0 atom stereocenters. The van der Waals surface area contributed by atoms with Crippen LogP contribution in [0.3, 0.4) is 0 Å². The van der Waals surface area contributed by atoms with Crippen LogP contribution in [0.4, 0.5) is 17.2 Å². The molecule has 3 aliphatic heterocycles. The lowest BCUT2D eigenvalue weighted by atomic mass is 9.92. The normalized spacial score (nSPS) is 12.9. The number of anilines is 3. The van der Waals surface area contributed by atoms with Crippen LogP contribution in [0.5, 0.6) is 5.75 Å². The predicted octanol–water partition coefficient (Wildman–Crippen LogP) is 7.31. The Balaban J connectivity index is 1.81. The maximum Gasteiger partial charge on any atom is 0.146 e. The molecular weight excluding hydrogens is 368 g/mol. The van der Waals surface area contributed by atoms with Crippen LogP contribution in [-0.2, 0) is 0 Å². The Morgan fingerprint density at radius 3 is 2.57 bits per heavy atom. The van der Waals surface area contributed by atoms with Crippen LogP contribution in [0.25, 0.3) is 43.2 Å². The van der Waals surface area contributed by atoms with E-state index in [4.69, 9.17) is 9.72 Å². The third kappa shape index (κ3) is 1.92. The van der Waals surface area contributed by atoms with Crippen molar-refractivity contribution < 1.29 is 4.74 Å². The smallest absolute Gasteiger partial charge is 0.146 e. The summed E-state index contributed by atoms with van der Waals surface area (Å²) in [6.07, 6.45) is 0. The average Bonchev–Trinajstić information content (AvgIpc) is 2.79. The van der Waals surface area contributed by atoms with Crippen molar-refractivity contribution in [2.75, 3.05) is 11.5 Å². The van der Waals surface area contributed by atoms with Crippen LogP contribution in [0.1, 0.15) is 6.92 Å². The number of rotatable bonds is 2. The maximum absolute atomic E-state index is 5.84. The number of hydrogen-bond donors (Lipinski definition) is 0. The van der Waals surface area contributed by atoms with Crippen molar-refractivity contribution in [3.05, 3.63) is 78.9 Å². The SMILES string of the molecule is CCOc1ccc2c3cc4ccccc4c4nc5cccc6ccc(c(c65)N43)c2c1. The van der Waals surface area contributed by atoms with E-state index in [0.717, 1.165) is 17.1 Å². The molecule has 4 aromatic carbocycles. The summed E-state index contributed by atoms with van der Waals surface area (Å²) in [5, 5.41) is 8.48. The summed E-state index contributed by atoms with van der Waals surface area (Å²) in [7, 11) is 0. The second-order valence-electron chi connectivity index (χ2n) is 7.87. The standard InChI is InChI=1S/C27H18N2O/c1-2-30-18-11-13-20-22(15-18)21-12-10-16-7-5-9-23-25(16)26(21)29-24(20)14-17-6-3-4-8-19(17)27(29)28-23/h3-15H,2H2,1H3. The van der Waals surface area contributed by atoms with Gasteiger partial charge in [0.15, 0.2) is 0 Å². The topological polar surface area (TPSA) is 25.4 Å². The molecule has 4 aromatic rings. The summed E-state index contributed by atoms with van der Waals surface area (Å²) in [6, 6.07) is 28.1. The van der Waals surface area contributed by atoms with Gasteiger partial charge in [-0.1, -0.05) is 48.5 Å². The lowest BCUT2D eigenvalue weighted by Crippen LogP contribution is -2.18. The first-order valence-electron chi connectivity index (χ1n) is 10.4. The van der Waals surface area contributed by atoms with Crippen LogP contribution in [0, 0.1) is 0 Å². The predicted molar refractivity (Wildman–Crippen MR) is 125 cm³/mol. The Hall–Kier alpha value is -3.85. The molecule has 7 rings (SSSR count). The van der Waals surface area contributed by atoms with E-state index in [2.05, 4.69) is 83.8 Å². The van der Waals surface area contributed by atoms with Gasteiger partial charge in [0, 0.05) is 21.5 Å². The molecule has 3 heteroatoms. The highest BCUT2D eigenvalue weighted by Crippen LogP contribution is 2.53. The van der Waals surface area contributed by atoms with Crippen molar-refractivity contribution in [2.45, 2.75) is 6.92 Å². The molecule has 0 amide bonds. The number of ether oxygens (including phenoxy) is 1. The number of benzene rings is 4. The molecule has 0 radical (unpaired) electrons. The molecule has 0 fully saturated rings. The second kappa shape index (κ2) is 5.61. The second-order valence-corrected chi connectivity index (χ2v) is 7.87. The van der Waals surface area contributed by atoms with Gasteiger partial charge in [0.1, 0.15) is 11.6 Å². The average molecular weight is 386 g/mol. The molecule has 142 valence electrons. The fourth-order valence-corrected chi connectivity index (χ4v) is 5.03. The van der Waals surface area contributed by atoms with Gasteiger partial charge in [-0.05, 0) is 53.4 Å². The van der Waals surface area contributed by atoms with Gasteiger partial charge in [-0.2, -0.15) is 0 Å². The number of fused-ring (bicyclic) bond motifs is 5. The summed E-state index contributed by atoms with van der Waals surface area (Å²) in [6.45, 7) is 2.68. The van der Waals surface area contributed by atoms with E-state index in [9.17, 15) is 0 Å². The molecule has 3 nitrogen and oxygen atoms in total. The molecule has 30 heavy (non-hydrogen) atoms. The summed E-state index contributed by atoms with van der Waals surface area (Å²) >= 11 is 0. The van der Waals surface area contributed by atoms with Crippen molar-refractivity contribution in [1.82, 2.24) is 4.98 Å².